The summed E-state index contributed by atoms with van der Waals surface area (Å²) in [5.74, 6) is 0.221. The summed E-state index contributed by atoms with van der Waals surface area (Å²) < 4.78 is 0. The molecule has 1 N–H and O–H groups in total. The summed E-state index contributed by atoms with van der Waals surface area (Å²) in [4.78, 5) is 18.4. The van der Waals surface area contributed by atoms with Gasteiger partial charge in [0.1, 0.15) is 0 Å². The third-order valence-electron chi connectivity index (χ3n) is 3.60. The highest BCUT2D eigenvalue weighted by molar-refractivity contribution is 5.82. The minimum atomic E-state index is -0.255. The van der Waals surface area contributed by atoms with E-state index in [0.29, 0.717) is 6.54 Å². The number of rotatable bonds is 3. The number of hydrogen-bond acceptors (Lipinski definition) is 3. The van der Waals surface area contributed by atoms with Gasteiger partial charge in [-0.25, -0.2) is 0 Å². The van der Waals surface area contributed by atoms with Gasteiger partial charge in [-0.1, -0.05) is 6.07 Å². The van der Waals surface area contributed by atoms with Gasteiger partial charge in [0.15, 0.2) is 0 Å². The largest absolute Gasteiger partial charge is 0.341 e. The van der Waals surface area contributed by atoms with Crippen LogP contribution in [0.3, 0.4) is 0 Å². The highest BCUT2D eigenvalue weighted by Gasteiger charge is 2.36. The second-order valence-electron chi connectivity index (χ2n) is 5.36. The van der Waals surface area contributed by atoms with E-state index in [1.165, 1.54) is 0 Å². The van der Waals surface area contributed by atoms with Gasteiger partial charge in [0, 0.05) is 32.5 Å². The van der Waals surface area contributed by atoms with Crippen LogP contribution in [0.4, 0.5) is 0 Å². The molecular weight excluding hydrogens is 226 g/mol. The second-order valence-corrected chi connectivity index (χ2v) is 5.36. The Hall–Kier alpha value is -1.42. The van der Waals surface area contributed by atoms with Crippen molar-refractivity contribution in [3.8, 4) is 0 Å². The minimum Gasteiger partial charge on any atom is -0.341 e. The summed E-state index contributed by atoms with van der Waals surface area (Å²) >= 11 is 0. The van der Waals surface area contributed by atoms with E-state index in [0.717, 1.165) is 31.5 Å². The Balaban J connectivity index is 2.00. The average molecular weight is 247 g/mol. The zero-order chi connectivity index (χ0) is 13.0. The first-order valence-electron chi connectivity index (χ1n) is 6.47. The molecule has 1 amide bonds. The molecule has 4 heteroatoms. The summed E-state index contributed by atoms with van der Waals surface area (Å²) in [6.07, 6.45) is 5.60. The van der Waals surface area contributed by atoms with Crippen LogP contribution >= 0.6 is 0 Å². The molecule has 4 nitrogen and oxygen atoms in total. The maximum absolute atomic E-state index is 12.5. The van der Waals surface area contributed by atoms with Crippen LogP contribution in [0.2, 0.25) is 0 Å². The molecule has 1 aromatic heterocycles. The number of nitrogens with one attached hydrogen (secondary N) is 1. The van der Waals surface area contributed by atoms with Crippen LogP contribution in [0.5, 0.6) is 0 Å². The normalized spacial score (nSPS) is 23.7. The van der Waals surface area contributed by atoms with Gasteiger partial charge in [-0.2, -0.15) is 0 Å². The molecule has 98 valence electrons. The molecule has 1 aliphatic rings. The monoisotopic (exact) mass is 247 g/mol. The first kappa shape index (κ1) is 13.0. The van der Waals surface area contributed by atoms with Gasteiger partial charge < -0.3 is 10.2 Å². The van der Waals surface area contributed by atoms with Crippen LogP contribution in [0.15, 0.2) is 24.5 Å². The predicted molar refractivity (Wildman–Crippen MR) is 70.9 cm³/mol. The van der Waals surface area contributed by atoms with Gasteiger partial charge >= 0.3 is 0 Å². The van der Waals surface area contributed by atoms with Crippen LogP contribution in [0, 0.1) is 5.41 Å². The van der Waals surface area contributed by atoms with E-state index in [1.54, 1.807) is 6.20 Å². The van der Waals surface area contributed by atoms with Crippen LogP contribution < -0.4 is 5.32 Å². The summed E-state index contributed by atoms with van der Waals surface area (Å²) in [5, 5.41) is 3.32. The molecule has 0 bridgehead atoms. The van der Waals surface area contributed by atoms with Crippen LogP contribution in [-0.4, -0.2) is 35.9 Å². The van der Waals surface area contributed by atoms with E-state index in [2.05, 4.69) is 17.2 Å². The fourth-order valence-electron chi connectivity index (χ4n) is 2.54. The third-order valence-corrected chi connectivity index (χ3v) is 3.60. The summed E-state index contributed by atoms with van der Waals surface area (Å²) in [6, 6.07) is 3.90. The Morgan fingerprint density at radius 2 is 2.44 bits per heavy atom. The Bertz CT molecular complexity index is 399. The Morgan fingerprint density at radius 1 is 1.61 bits per heavy atom. The molecule has 18 heavy (non-hydrogen) atoms. The van der Waals surface area contributed by atoms with Gasteiger partial charge in [0.25, 0.3) is 0 Å². The number of carbonyl (C=O) groups excluding carboxylic acids is 1. The quantitative estimate of drug-likeness (QED) is 0.879. The summed E-state index contributed by atoms with van der Waals surface area (Å²) in [7, 11) is 1.87. The standard InChI is InChI=1S/C14H21N3O/c1-14(6-4-8-16-11-14)13(18)17(2)10-12-5-3-7-15-9-12/h3,5,7,9,16H,4,6,8,10-11H2,1-2H3. The van der Waals surface area contributed by atoms with Gasteiger partial charge in [0.05, 0.1) is 5.41 Å². The Kier molecular flexibility index (Phi) is 3.97. The fourth-order valence-corrected chi connectivity index (χ4v) is 2.54. The first-order valence-corrected chi connectivity index (χ1v) is 6.47. The van der Waals surface area contributed by atoms with Crippen molar-refractivity contribution in [2.45, 2.75) is 26.3 Å². The Labute approximate surface area is 108 Å². The molecule has 1 saturated heterocycles. The van der Waals surface area contributed by atoms with Gasteiger partial charge in [-0.15, -0.1) is 0 Å². The lowest BCUT2D eigenvalue weighted by atomic mass is 9.81. The molecule has 2 heterocycles. The molecule has 1 aromatic rings. The van der Waals surface area contributed by atoms with E-state index in [-0.39, 0.29) is 11.3 Å². The lowest BCUT2D eigenvalue weighted by molar-refractivity contribution is -0.141. The molecule has 1 atom stereocenters. The number of hydrogen-bond donors (Lipinski definition) is 1. The van der Waals surface area contributed by atoms with E-state index < -0.39 is 0 Å². The maximum Gasteiger partial charge on any atom is 0.229 e. The predicted octanol–water partition coefficient (Wildman–Crippen LogP) is 1.43. The van der Waals surface area contributed by atoms with E-state index >= 15 is 0 Å². The topological polar surface area (TPSA) is 45.2 Å². The van der Waals surface area contributed by atoms with E-state index in [4.69, 9.17) is 0 Å². The fraction of sp³-hybridized carbons (Fsp3) is 0.571. The molecule has 2 rings (SSSR count). The lowest BCUT2D eigenvalue weighted by Gasteiger charge is -2.36. The Morgan fingerprint density at radius 3 is 3.06 bits per heavy atom. The number of piperidine rings is 1. The molecule has 1 fully saturated rings. The van der Waals surface area contributed by atoms with Crippen molar-refractivity contribution in [1.29, 1.82) is 0 Å². The van der Waals surface area contributed by atoms with E-state index in [1.807, 2.05) is 30.3 Å². The van der Waals surface area contributed by atoms with Gasteiger partial charge in [-0.05, 0) is 37.9 Å². The number of aromatic nitrogens is 1. The van der Waals surface area contributed by atoms with Crippen molar-refractivity contribution in [3.63, 3.8) is 0 Å². The van der Waals surface area contributed by atoms with Crippen molar-refractivity contribution in [1.82, 2.24) is 15.2 Å². The van der Waals surface area contributed by atoms with Crippen molar-refractivity contribution < 1.29 is 4.79 Å². The number of carbonyl (C=O) groups is 1. The first-order chi connectivity index (χ1) is 8.62. The van der Waals surface area contributed by atoms with Crippen molar-refractivity contribution in [3.05, 3.63) is 30.1 Å². The number of nitrogens with zero attached hydrogens (tertiary/aromatic N) is 2. The van der Waals surface area contributed by atoms with Gasteiger partial charge in [0.2, 0.25) is 5.91 Å². The van der Waals surface area contributed by atoms with E-state index in [9.17, 15) is 4.79 Å². The zero-order valence-corrected chi connectivity index (χ0v) is 11.1. The molecule has 0 spiro atoms. The SMILES string of the molecule is CN(Cc1cccnc1)C(=O)C1(C)CCCNC1. The molecular formula is C14H21N3O. The average Bonchev–Trinajstić information content (AvgIpc) is 2.40. The highest BCUT2D eigenvalue weighted by atomic mass is 16.2. The van der Waals surface area contributed by atoms with Gasteiger partial charge in [-0.3, -0.25) is 9.78 Å². The molecule has 0 aliphatic carbocycles. The third kappa shape index (κ3) is 2.88. The summed E-state index contributed by atoms with van der Waals surface area (Å²) in [6.45, 7) is 4.49. The van der Waals surface area contributed by atoms with Crippen LogP contribution in [0.1, 0.15) is 25.3 Å². The smallest absolute Gasteiger partial charge is 0.229 e. The van der Waals surface area contributed by atoms with Crippen molar-refractivity contribution >= 4 is 5.91 Å². The molecule has 0 radical (unpaired) electrons. The second kappa shape index (κ2) is 5.48. The van der Waals surface area contributed by atoms with Crippen LogP contribution in [0.25, 0.3) is 0 Å². The molecule has 1 unspecified atom stereocenters. The molecule has 1 aliphatic heterocycles. The summed E-state index contributed by atoms with van der Waals surface area (Å²) in [5.41, 5.74) is 0.815. The zero-order valence-electron chi connectivity index (χ0n) is 11.1. The number of pyridine rings is 1. The molecule has 0 saturated carbocycles. The van der Waals surface area contributed by atoms with Crippen molar-refractivity contribution in [2.24, 2.45) is 5.41 Å². The maximum atomic E-state index is 12.5. The lowest BCUT2D eigenvalue weighted by Crippen LogP contribution is -2.48. The van der Waals surface area contributed by atoms with Crippen LogP contribution in [-0.2, 0) is 11.3 Å². The molecule has 0 aromatic carbocycles. The highest BCUT2D eigenvalue weighted by Crippen LogP contribution is 2.28. The minimum absolute atomic E-state index is 0.221. The van der Waals surface area contributed by atoms with Crippen molar-refractivity contribution in [2.75, 3.05) is 20.1 Å². The number of amides is 1.